The first-order valence-electron chi connectivity index (χ1n) is 5.93. The molecular weight excluding hydrogens is 362 g/mol. The predicted octanol–water partition coefficient (Wildman–Crippen LogP) is 3.47. The summed E-state index contributed by atoms with van der Waals surface area (Å²) in [4.78, 5) is 0. The highest BCUT2D eigenvalue weighted by atomic mass is 79.9. The molecule has 1 aromatic rings. The molecule has 1 rings (SSSR count). The molecule has 18 heavy (non-hydrogen) atoms. The van der Waals surface area contributed by atoms with Gasteiger partial charge in [0.05, 0.1) is 21.2 Å². The van der Waals surface area contributed by atoms with Gasteiger partial charge in [0, 0.05) is 13.1 Å². The smallest absolute Gasteiger partial charge is 0.148 e. The molecular formula is C13H19Br2NO2. The van der Waals surface area contributed by atoms with Crippen LogP contribution in [0.25, 0.3) is 0 Å². The highest BCUT2D eigenvalue weighted by molar-refractivity contribution is 9.11. The summed E-state index contributed by atoms with van der Waals surface area (Å²) in [6.45, 7) is 7.05. The van der Waals surface area contributed by atoms with Crippen molar-refractivity contribution < 1.29 is 9.84 Å². The predicted molar refractivity (Wildman–Crippen MR) is 81.0 cm³/mol. The topological polar surface area (TPSA) is 41.5 Å². The number of benzene rings is 1. The number of aliphatic hydroxyl groups is 1. The summed E-state index contributed by atoms with van der Waals surface area (Å²) in [6.07, 6.45) is -0.197. The minimum absolute atomic E-state index is 0.136. The molecule has 0 saturated heterocycles. The molecule has 0 aliphatic rings. The van der Waals surface area contributed by atoms with E-state index in [1.807, 2.05) is 26.0 Å². The molecule has 5 heteroatoms. The van der Waals surface area contributed by atoms with Crippen LogP contribution in [0.1, 0.15) is 26.3 Å². The molecule has 0 heterocycles. The molecule has 0 radical (unpaired) electrons. The number of hydrogen-bond acceptors (Lipinski definition) is 3. The lowest BCUT2D eigenvalue weighted by Gasteiger charge is -2.15. The quantitative estimate of drug-likeness (QED) is 0.793. The number of nitrogens with one attached hydrogen (secondary N) is 1. The van der Waals surface area contributed by atoms with Gasteiger partial charge in [-0.2, -0.15) is 0 Å². The van der Waals surface area contributed by atoms with Gasteiger partial charge in [0.1, 0.15) is 5.75 Å². The molecule has 3 nitrogen and oxygen atoms in total. The van der Waals surface area contributed by atoms with Crippen molar-refractivity contribution in [2.24, 2.45) is 0 Å². The normalized spacial score (nSPS) is 12.8. The van der Waals surface area contributed by atoms with Crippen molar-refractivity contribution in [2.45, 2.75) is 39.5 Å². The molecule has 0 saturated carbocycles. The van der Waals surface area contributed by atoms with E-state index < -0.39 is 0 Å². The van der Waals surface area contributed by atoms with E-state index >= 15 is 0 Å². The maximum atomic E-state index is 9.18. The third-order valence-corrected chi connectivity index (χ3v) is 3.36. The minimum Gasteiger partial charge on any atom is -0.489 e. The SMILES string of the molecule is CC(O)CNCc1cc(Br)c(OC(C)C)c(Br)c1. The second-order valence-corrected chi connectivity index (χ2v) is 6.24. The van der Waals surface area contributed by atoms with Gasteiger partial charge < -0.3 is 15.2 Å². The molecule has 0 aromatic heterocycles. The molecule has 0 aliphatic heterocycles. The van der Waals surface area contributed by atoms with Crippen LogP contribution < -0.4 is 10.1 Å². The lowest BCUT2D eigenvalue weighted by atomic mass is 10.2. The molecule has 0 aliphatic carbocycles. The van der Waals surface area contributed by atoms with Crippen LogP contribution in [0.5, 0.6) is 5.75 Å². The minimum atomic E-state index is -0.333. The van der Waals surface area contributed by atoms with Crippen LogP contribution in [0.15, 0.2) is 21.1 Å². The van der Waals surface area contributed by atoms with Crippen LogP contribution in [-0.4, -0.2) is 23.9 Å². The number of ether oxygens (including phenoxy) is 1. The Balaban J connectivity index is 2.73. The second-order valence-electron chi connectivity index (χ2n) is 4.54. The molecule has 0 fully saturated rings. The molecule has 1 aromatic carbocycles. The van der Waals surface area contributed by atoms with Crippen LogP contribution >= 0.6 is 31.9 Å². The summed E-state index contributed by atoms with van der Waals surface area (Å²) in [6, 6.07) is 4.05. The third kappa shape index (κ3) is 5.26. The zero-order valence-corrected chi connectivity index (χ0v) is 14.0. The fraction of sp³-hybridized carbons (Fsp3) is 0.538. The summed E-state index contributed by atoms with van der Waals surface area (Å²) in [5.74, 6) is 0.823. The largest absolute Gasteiger partial charge is 0.489 e. The lowest BCUT2D eigenvalue weighted by molar-refractivity contribution is 0.191. The summed E-state index contributed by atoms with van der Waals surface area (Å²) >= 11 is 7.03. The van der Waals surface area contributed by atoms with E-state index in [4.69, 9.17) is 4.74 Å². The summed E-state index contributed by atoms with van der Waals surface area (Å²) in [5.41, 5.74) is 1.13. The van der Waals surface area contributed by atoms with Crippen LogP contribution in [0.4, 0.5) is 0 Å². The summed E-state index contributed by atoms with van der Waals surface area (Å²) in [5, 5.41) is 12.4. The van der Waals surface area contributed by atoms with Crippen molar-refractivity contribution in [1.82, 2.24) is 5.32 Å². The van der Waals surface area contributed by atoms with Crippen LogP contribution in [0, 0.1) is 0 Å². The first-order chi connectivity index (χ1) is 8.40. The van der Waals surface area contributed by atoms with Crippen molar-refractivity contribution in [1.29, 1.82) is 0 Å². The van der Waals surface area contributed by atoms with E-state index in [1.165, 1.54) is 0 Å². The highest BCUT2D eigenvalue weighted by Gasteiger charge is 2.10. The molecule has 0 bridgehead atoms. The Morgan fingerprint density at radius 1 is 1.22 bits per heavy atom. The average Bonchev–Trinajstić information content (AvgIpc) is 2.22. The highest BCUT2D eigenvalue weighted by Crippen LogP contribution is 2.35. The molecule has 0 spiro atoms. The van der Waals surface area contributed by atoms with Gasteiger partial charge in [-0.15, -0.1) is 0 Å². The fourth-order valence-electron chi connectivity index (χ4n) is 1.49. The van der Waals surface area contributed by atoms with Gasteiger partial charge in [-0.25, -0.2) is 0 Å². The first kappa shape index (κ1) is 16.0. The maximum absolute atomic E-state index is 9.18. The Kier molecular flexibility index (Phi) is 6.63. The Labute approximate surface area is 125 Å². The van der Waals surface area contributed by atoms with Crippen LogP contribution in [0.3, 0.4) is 0 Å². The van der Waals surface area contributed by atoms with Crippen molar-refractivity contribution in [3.63, 3.8) is 0 Å². The number of halogens is 2. The van der Waals surface area contributed by atoms with Gasteiger partial charge >= 0.3 is 0 Å². The van der Waals surface area contributed by atoms with Crippen LogP contribution in [0.2, 0.25) is 0 Å². The average molecular weight is 381 g/mol. The Morgan fingerprint density at radius 2 is 1.78 bits per heavy atom. The van der Waals surface area contributed by atoms with Crippen molar-refractivity contribution in [2.75, 3.05) is 6.54 Å². The number of hydrogen-bond donors (Lipinski definition) is 2. The first-order valence-corrected chi connectivity index (χ1v) is 7.52. The van der Waals surface area contributed by atoms with Gasteiger partial charge in [0.2, 0.25) is 0 Å². The zero-order valence-electron chi connectivity index (χ0n) is 10.8. The fourth-order valence-corrected chi connectivity index (χ4v) is 2.96. The molecule has 102 valence electrons. The third-order valence-electron chi connectivity index (χ3n) is 2.18. The zero-order chi connectivity index (χ0) is 13.7. The maximum Gasteiger partial charge on any atom is 0.148 e. The lowest BCUT2D eigenvalue weighted by Crippen LogP contribution is -2.23. The molecule has 1 atom stereocenters. The van der Waals surface area contributed by atoms with Crippen LogP contribution in [-0.2, 0) is 6.54 Å². The van der Waals surface area contributed by atoms with Gasteiger partial charge in [-0.1, -0.05) is 0 Å². The Hall–Kier alpha value is -0.100. The van der Waals surface area contributed by atoms with E-state index in [1.54, 1.807) is 6.92 Å². The van der Waals surface area contributed by atoms with Crippen molar-refractivity contribution >= 4 is 31.9 Å². The van der Waals surface area contributed by atoms with Crippen molar-refractivity contribution in [3.05, 3.63) is 26.6 Å². The van der Waals surface area contributed by atoms with Gasteiger partial charge in [-0.3, -0.25) is 0 Å². The Bertz CT molecular complexity index is 372. The molecule has 2 N–H and O–H groups in total. The van der Waals surface area contributed by atoms with Gasteiger partial charge in [0.15, 0.2) is 0 Å². The van der Waals surface area contributed by atoms with Gasteiger partial charge in [-0.05, 0) is 70.3 Å². The van der Waals surface area contributed by atoms with E-state index in [2.05, 4.69) is 37.2 Å². The second kappa shape index (κ2) is 7.48. The van der Waals surface area contributed by atoms with E-state index in [9.17, 15) is 5.11 Å². The van der Waals surface area contributed by atoms with E-state index in [0.717, 1.165) is 20.3 Å². The number of aliphatic hydroxyl groups excluding tert-OH is 1. The van der Waals surface area contributed by atoms with E-state index in [-0.39, 0.29) is 12.2 Å². The monoisotopic (exact) mass is 379 g/mol. The van der Waals surface area contributed by atoms with Crippen molar-refractivity contribution in [3.8, 4) is 5.75 Å². The summed E-state index contributed by atoms with van der Waals surface area (Å²) in [7, 11) is 0. The van der Waals surface area contributed by atoms with E-state index in [0.29, 0.717) is 13.1 Å². The standard InChI is InChI=1S/C13H19Br2NO2/c1-8(2)18-13-11(14)4-10(5-12(13)15)7-16-6-9(3)17/h4-5,8-9,16-17H,6-7H2,1-3H3. The van der Waals surface area contributed by atoms with Gasteiger partial charge in [0.25, 0.3) is 0 Å². The summed E-state index contributed by atoms with van der Waals surface area (Å²) < 4.78 is 7.58. The molecule has 0 amide bonds. The Morgan fingerprint density at radius 3 is 2.22 bits per heavy atom. The number of rotatable bonds is 6. The molecule has 1 unspecified atom stereocenters.